The van der Waals surface area contributed by atoms with Gasteiger partial charge in [-0.3, -0.25) is 4.79 Å². The van der Waals surface area contributed by atoms with Crippen LogP contribution in [0.15, 0.2) is 0 Å². The third kappa shape index (κ3) is 9.58. The van der Waals surface area contributed by atoms with E-state index in [1.165, 1.54) is 6.92 Å². The fourth-order valence-electron chi connectivity index (χ4n) is 4.57. The van der Waals surface area contributed by atoms with E-state index in [4.69, 9.17) is 28.4 Å². The number of carbonyl (C=O) groups excluding carboxylic acids is 1. The zero-order chi connectivity index (χ0) is 28.9. The Balaban J connectivity index is 2.37. The normalized spacial score (nSPS) is 35.1. The molecule has 13 heteroatoms. The Morgan fingerprint density at radius 1 is 0.821 bits per heavy atom. The average molecular weight is 566 g/mol. The Morgan fingerprint density at radius 2 is 1.36 bits per heavy atom. The van der Waals surface area contributed by atoms with Crippen LogP contribution in [0.3, 0.4) is 0 Å². The van der Waals surface area contributed by atoms with Crippen LogP contribution in [-0.4, -0.2) is 120 Å². The van der Waals surface area contributed by atoms with Gasteiger partial charge in [-0.2, -0.15) is 0 Å². The van der Waals surface area contributed by atoms with Crippen molar-refractivity contribution < 1.29 is 58.4 Å². The molecule has 13 nitrogen and oxygen atoms in total. The molecule has 0 bridgehead atoms. The molecule has 228 valence electrons. The Morgan fingerprint density at radius 3 is 1.85 bits per heavy atom. The molecule has 0 saturated carbocycles. The highest BCUT2D eigenvalue weighted by molar-refractivity contribution is 5.73. The van der Waals surface area contributed by atoms with Crippen LogP contribution in [0.4, 0.5) is 0 Å². The summed E-state index contributed by atoms with van der Waals surface area (Å²) in [5.41, 5.74) is 0. The van der Waals surface area contributed by atoms with Gasteiger partial charge >= 0.3 is 5.97 Å². The number of hydrogen-bond donors (Lipinski definition) is 5. The van der Waals surface area contributed by atoms with E-state index in [1.807, 2.05) is 20.8 Å². The molecule has 2 saturated heterocycles. The Labute approximate surface area is 230 Å². The van der Waals surface area contributed by atoms with Crippen LogP contribution in [0.25, 0.3) is 0 Å². The number of amides is 1. The fourth-order valence-corrected chi connectivity index (χ4v) is 4.57. The Bertz CT molecular complexity index is 727. The van der Waals surface area contributed by atoms with Gasteiger partial charge in [-0.15, -0.1) is 0 Å². The second-order valence-electron chi connectivity index (χ2n) is 9.90. The van der Waals surface area contributed by atoms with Crippen LogP contribution in [0.1, 0.15) is 66.2 Å². The molecule has 0 aliphatic carbocycles. The highest BCUT2D eigenvalue weighted by atomic mass is 16.7. The molecule has 1 amide bonds. The second kappa shape index (κ2) is 17.4. The minimum absolute atomic E-state index is 0.254. The zero-order valence-corrected chi connectivity index (χ0v) is 23.4. The lowest BCUT2D eigenvalue weighted by Crippen LogP contribution is -2.68. The SMILES string of the molecule is CCCCO[C@@H]1C(C(=O)O)O[C@@H](O[C@@H]2C(CO)O[C@@H](O)C(NC(C)=O)[C@H]2OCCCC)C(O)[C@H]1OCCCC. The molecule has 0 spiro atoms. The summed E-state index contributed by atoms with van der Waals surface area (Å²) in [6.45, 7) is 7.36. The van der Waals surface area contributed by atoms with Crippen LogP contribution in [-0.2, 0) is 38.0 Å². The molecular weight excluding hydrogens is 518 g/mol. The smallest absolute Gasteiger partial charge is 0.335 e. The summed E-state index contributed by atoms with van der Waals surface area (Å²) in [6.07, 6.45) is -7.01. The summed E-state index contributed by atoms with van der Waals surface area (Å²) < 4.78 is 35.1. The number of aliphatic carboxylic acids is 1. The third-order valence-corrected chi connectivity index (χ3v) is 6.69. The molecule has 0 aromatic rings. The quantitative estimate of drug-likeness (QED) is 0.152. The van der Waals surface area contributed by atoms with E-state index in [0.717, 1.165) is 19.3 Å². The predicted octanol–water partition coefficient (Wildman–Crippen LogP) is 0.312. The molecule has 2 aliphatic rings. The first kappa shape index (κ1) is 33.8. The lowest BCUT2D eigenvalue weighted by molar-refractivity contribution is -0.349. The molecular formula is C26H47NO12. The topological polar surface area (TPSA) is 182 Å². The maximum absolute atomic E-state index is 12.2. The maximum Gasteiger partial charge on any atom is 0.335 e. The van der Waals surface area contributed by atoms with Crippen molar-refractivity contribution in [1.29, 1.82) is 0 Å². The summed E-state index contributed by atoms with van der Waals surface area (Å²) in [5.74, 6) is -1.77. The number of carboxylic acid groups (broad SMARTS) is 1. The number of nitrogens with one attached hydrogen (secondary N) is 1. The van der Waals surface area contributed by atoms with Crippen LogP contribution in [0.2, 0.25) is 0 Å². The summed E-state index contributed by atoms with van der Waals surface area (Å²) in [7, 11) is 0. The molecule has 0 aromatic carbocycles. The first-order chi connectivity index (χ1) is 18.7. The van der Waals surface area contributed by atoms with Crippen molar-refractivity contribution in [2.24, 2.45) is 0 Å². The number of carboxylic acids is 1. The van der Waals surface area contributed by atoms with E-state index in [9.17, 15) is 30.0 Å². The first-order valence-corrected chi connectivity index (χ1v) is 14.0. The number of aliphatic hydroxyl groups is 3. The molecule has 39 heavy (non-hydrogen) atoms. The Kier molecular flexibility index (Phi) is 15.1. The first-order valence-electron chi connectivity index (χ1n) is 14.0. The zero-order valence-electron chi connectivity index (χ0n) is 23.4. The predicted molar refractivity (Wildman–Crippen MR) is 137 cm³/mol. The van der Waals surface area contributed by atoms with E-state index in [1.54, 1.807) is 0 Å². The molecule has 2 aliphatic heterocycles. The van der Waals surface area contributed by atoms with Crippen molar-refractivity contribution in [2.75, 3.05) is 26.4 Å². The van der Waals surface area contributed by atoms with Crippen LogP contribution in [0, 0.1) is 0 Å². The van der Waals surface area contributed by atoms with Crippen molar-refractivity contribution in [2.45, 2.75) is 128 Å². The minimum atomic E-state index is -1.53. The van der Waals surface area contributed by atoms with Crippen molar-refractivity contribution in [3.05, 3.63) is 0 Å². The molecule has 10 atom stereocenters. The van der Waals surface area contributed by atoms with Gasteiger partial charge in [0.15, 0.2) is 18.7 Å². The van der Waals surface area contributed by atoms with Gasteiger partial charge in [0, 0.05) is 26.7 Å². The summed E-state index contributed by atoms with van der Waals surface area (Å²) in [5, 5.41) is 44.4. The van der Waals surface area contributed by atoms with Crippen molar-refractivity contribution in [3.63, 3.8) is 0 Å². The highest BCUT2D eigenvalue weighted by Crippen LogP contribution is 2.32. The molecule has 5 N–H and O–H groups in total. The van der Waals surface area contributed by atoms with Crippen LogP contribution < -0.4 is 5.32 Å². The molecule has 0 aromatic heterocycles. The lowest BCUT2D eigenvalue weighted by atomic mass is 9.95. The van der Waals surface area contributed by atoms with Gasteiger partial charge in [0.1, 0.15) is 42.7 Å². The van der Waals surface area contributed by atoms with E-state index >= 15 is 0 Å². The third-order valence-electron chi connectivity index (χ3n) is 6.69. The fraction of sp³-hybridized carbons (Fsp3) is 0.923. The van der Waals surface area contributed by atoms with Crippen molar-refractivity contribution in [3.8, 4) is 0 Å². The van der Waals surface area contributed by atoms with Crippen LogP contribution in [0.5, 0.6) is 0 Å². The number of unbranched alkanes of at least 4 members (excludes halogenated alkanes) is 3. The van der Waals surface area contributed by atoms with Gasteiger partial charge < -0.3 is 54.2 Å². The summed E-state index contributed by atoms with van der Waals surface area (Å²) in [6, 6.07) is -1.06. The second-order valence-corrected chi connectivity index (χ2v) is 9.90. The van der Waals surface area contributed by atoms with Crippen LogP contribution >= 0.6 is 0 Å². The van der Waals surface area contributed by atoms with Gasteiger partial charge in [-0.05, 0) is 19.3 Å². The van der Waals surface area contributed by atoms with E-state index in [2.05, 4.69) is 5.32 Å². The van der Waals surface area contributed by atoms with Crippen molar-refractivity contribution in [1.82, 2.24) is 5.32 Å². The van der Waals surface area contributed by atoms with Crippen molar-refractivity contribution >= 4 is 11.9 Å². The molecule has 2 heterocycles. The van der Waals surface area contributed by atoms with Gasteiger partial charge in [0.2, 0.25) is 5.91 Å². The summed E-state index contributed by atoms with van der Waals surface area (Å²) in [4.78, 5) is 24.1. The van der Waals surface area contributed by atoms with Gasteiger partial charge in [-0.1, -0.05) is 40.0 Å². The number of aliphatic hydroxyl groups excluding tert-OH is 3. The standard InChI is InChI=1S/C26H47NO12/c1-5-8-11-34-20-17(27-15(4)29)25(33)37-16(14-28)19(20)38-26-18(30)21(35-12-9-6-2)22(36-13-10-7-3)23(39-26)24(31)32/h16-23,25-26,28,30,33H,5-14H2,1-4H3,(H,27,29)(H,31,32)/t16?,17?,18?,19-,20-,21-,22+,23?,25-,26-/m1/s1. The maximum atomic E-state index is 12.2. The minimum Gasteiger partial charge on any atom is -0.479 e. The number of hydrogen-bond acceptors (Lipinski definition) is 11. The van der Waals surface area contributed by atoms with E-state index in [0.29, 0.717) is 19.3 Å². The monoisotopic (exact) mass is 565 g/mol. The molecule has 4 unspecified atom stereocenters. The molecule has 0 radical (unpaired) electrons. The van der Waals surface area contributed by atoms with E-state index in [-0.39, 0.29) is 19.8 Å². The average Bonchev–Trinajstić information content (AvgIpc) is 2.89. The largest absolute Gasteiger partial charge is 0.479 e. The van der Waals surface area contributed by atoms with Gasteiger partial charge in [-0.25, -0.2) is 4.79 Å². The number of rotatable bonds is 17. The molecule has 2 rings (SSSR count). The van der Waals surface area contributed by atoms with E-state index < -0.39 is 79.8 Å². The number of ether oxygens (including phenoxy) is 6. The Hall–Kier alpha value is -1.42. The highest BCUT2D eigenvalue weighted by Gasteiger charge is 2.54. The lowest BCUT2D eigenvalue weighted by Gasteiger charge is -2.48. The van der Waals surface area contributed by atoms with Gasteiger partial charge in [0.25, 0.3) is 0 Å². The summed E-state index contributed by atoms with van der Waals surface area (Å²) >= 11 is 0. The van der Waals surface area contributed by atoms with Gasteiger partial charge in [0.05, 0.1) is 6.61 Å². The molecule has 2 fully saturated rings. The number of carbonyl (C=O) groups is 2.